The van der Waals surface area contributed by atoms with Crippen molar-refractivity contribution in [2.45, 2.75) is 13.3 Å². The maximum Gasteiger partial charge on any atom is 0.276 e. The molecule has 0 N–H and O–H groups in total. The van der Waals surface area contributed by atoms with E-state index >= 15 is 0 Å². The fraction of sp³-hybridized carbons (Fsp3) is 0.273. The molecule has 0 aliphatic heterocycles. The molecule has 0 amide bonds. The second-order valence-corrected chi connectivity index (χ2v) is 3.37. The number of aromatic nitrogens is 2. The van der Waals surface area contributed by atoms with E-state index in [0.717, 1.165) is 17.4 Å². The maximum atomic E-state index is 11.6. The van der Waals surface area contributed by atoms with E-state index in [1.807, 2.05) is 12.1 Å². The summed E-state index contributed by atoms with van der Waals surface area (Å²) in [6.45, 7) is 2.07. The highest BCUT2D eigenvalue weighted by molar-refractivity contribution is 5.77. The number of hydrogen-bond acceptors (Lipinski definition) is 2. The van der Waals surface area contributed by atoms with Crippen LogP contribution in [0.5, 0.6) is 0 Å². The average Bonchev–Trinajstić information content (AvgIpc) is 2.23. The Kier molecular flexibility index (Phi) is 2.08. The summed E-state index contributed by atoms with van der Waals surface area (Å²) in [4.78, 5) is 15.8. The monoisotopic (exact) mass is 188 g/mol. The van der Waals surface area contributed by atoms with Crippen LogP contribution in [-0.4, -0.2) is 9.55 Å². The lowest BCUT2D eigenvalue weighted by atomic mass is 10.1. The number of pyridine rings is 2. The van der Waals surface area contributed by atoms with Gasteiger partial charge in [0.05, 0.1) is 0 Å². The van der Waals surface area contributed by atoms with Crippen molar-refractivity contribution in [3.05, 3.63) is 40.4 Å². The molecule has 0 fully saturated rings. The molecule has 3 nitrogen and oxygen atoms in total. The molecule has 0 spiro atoms. The second kappa shape index (κ2) is 3.25. The third kappa shape index (κ3) is 1.31. The van der Waals surface area contributed by atoms with Crippen molar-refractivity contribution in [2.24, 2.45) is 7.05 Å². The maximum absolute atomic E-state index is 11.6. The van der Waals surface area contributed by atoms with E-state index in [0.29, 0.717) is 5.52 Å². The number of hydrogen-bond donors (Lipinski definition) is 0. The highest BCUT2D eigenvalue weighted by Crippen LogP contribution is 2.09. The van der Waals surface area contributed by atoms with Crippen LogP contribution in [0.15, 0.2) is 29.3 Å². The first-order valence-electron chi connectivity index (χ1n) is 4.66. The predicted molar refractivity (Wildman–Crippen MR) is 56.4 cm³/mol. The molecule has 0 radical (unpaired) electrons. The zero-order chi connectivity index (χ0) is 10.1. The SMILES string of the molecule is CCc1cnc2c(=O)n(C)ccc2c1. The molecule has 2 aromatic heterocycles. The van der Waals surface area contributed by atoms with E-state index in [9.17, 15) is 4.79 Å². The minimum absolute atomic E-state index is 0.0369. The number of aryl methyl sites for hydroxylation is 2. The van der Waals surface area contributed by atoms with E-state index in [-0.39, 0.29) is 5.56 Å². The van der Waals surface area contributed by atoms with Gasteiger partial charge in [0.2, 0.25) is 0 Å². The van der Waals surface area contributed by atoms with Gasteiger partial charge in [-0.15, -0.1) is 0 Å². The summed E-state index contributed by atoms with van der Waals surface area (Å²) in [6, 6.07) is 3.94. The first-order chi connectivity index (χ1) is 6.72. The van der Waals surface area contributed by atoms with Gasteiger partial charge in [-0.05, 0) is 24.1 Å². The summed E-state index contributed by atoms with van der Waals surface area (Å²) >= 11 is 0. The molecule has 0 bridgehead atoms. The van der Waals surface area contributed by atoms with Gasteiger partial charge in [0, 0.05) is 24.8 Å². The van der Waals surface area contributed by atoms with Gasteiger partial charge < -0.3 is 4.57 Å². The van der Waals surface area contributed by atoms with Gasteiger partial charge in [0.1, 0.15) is 5.52 Å². The number of fused-ring (bicyclic) bond motifs is 1. The third-order valence-electron chi connectivity index (χ3n) is 2.38. The number of nitrogens with zero attached hydrogens (tertiary/aromatic N) is 2. The van der Waals surface area contributed by atoms with E-state index in [1.165, 1.54) is 0 Å². The lowest BCUT2D eigenvalue weighted by Gasteiger charge is -2.01. The molecule has 14 heavy (non-hydrogen) atoms. The van der Waals surface area contributed by atoms with Gasteiger partial charge in [-0.25, -0.2) is 0 Å². The summed E-state index contributed by atoms with van der Waals surface area (Å²) in [6.07, 6.45) is 4.48. The predicted octanol–water partition coefficient (Wildman–Crippen LogP) is 1.50. The average molecular weight is 188 g/mol. The third-order valence-corrected chi connectivity index (χ3v) is 2.38. The first kappa shape index (κ1) is 8.94. The quantitative estimate of drug-likeness (QED) is 0.679. The van der Waals surface area contributed by atoms with Crippen LogP contribution in [-0.2, 0) is 13.5 Å². The highest BCUT2D eigenvalue weighted by Gasteiger charge is 2.01. The van der Waals surface area contributed by atoms with Gasteiger partial charge in [-0.1, -0.05) is 6.92 Å². The molecule has 0 saturated carbocycles. The molecular weight excluding hydrogens is 176 g/mol. The minimum atomic E-state index is -0.0369. The molecule has 2 heterocycles. The lowest BCUT2D eigenvalue weighted by molar-refractivity contribution is 0.868. The van der Waals surface area contributed by atoms with Crippen LogP contribution in [0.25, 0.3) is 10.9 Å². The van der Waals surface area contributed by atoms with Crippen LogP contribution < -0.4 is 5.56 Å². The summed E-state index contributed by atoms with van der Waals surface area (Å²) in [5, 5.41) is 0.924. The number of rotatable bonds is 1. The molecule has 0 unspecified atom stereocenters. The zero-order valence-electron chi connectivity index (χ0n) is 8.32. The Morgan fingerprint density at radius 2 is 2.29 bits per heavy atom. The molecular formula is C11H12N2O. The van der Waals surface area contributed by atoms with Crippen molar-refractivity contribution in [1.82, 2.24) is 9.55 Å². The summed E-state index contributed by atoms with van der Waals surface area (Å²) in [7, 11) is 1.73. The van der Waals surface area contributed by atoms with Crippen molar-refractivity contribution < 1.29 is 0 Å². The van der Waals surface area contributed by atoms with Crippen LogP contribution in [0.3, 0.4) is 0 Å². The van der Waals surface area contributed by atoms with Crippen LogP contribution >= 0.6 is 0 Å². The van der Waals surface area contributed by atoms with Crippen LogP contribution in [0, 0.1) is 0 Å². The van der Waals surface area contributed by atoms with E-state index < -0.39 is 0 Å². The first-order valence-corrected chi connectivity index (χ1v) is 4.66. The fourth-order valence-electron chi connectivity index (χ4n) is 1.45. The Morgan fingerprint density at radius 1 is 1.50 bits per heavy atom. The molecule has 0 saturated heterocycles. The summed E-state index contributed by atoms with van der Waals surface area (Å²) < 4.78 is 1.54. The van der Waals surface area contributed by atoms with Crippen molar-refractivity contribution in [3.8, 4) is 0 Å². The van der Waals surface area contributed by atoms with Gasteiger partial charge in [0.15, 0.2) is 0 Å². The molecule has 0 atom stereocenters. The van der Waals surface area contributed by atoms with Gasteiger partial charge in [0.25, 0.3) is 5.56 Å². The smallest absolute Gasteiger partial charge is 0.276 e. The van der Waals surface area contributed by atoms with E-state index in [2.05, 4.69) is 11.9 Å². The lowest BCUT2D eigenvalue weighted by Crippen LogP contribution is -2.16. The summed E-state index contributed by atoms with van der Waals surface area (Å²) in [5.41, 5.74) is 1.67. The molecule has 2 aromatic rings. The largest absolute Gasteiger partial charge is 0.317 e. The zero-order valence-corrected chi connectivity index (χ0v) is 8.32. The normalized spacial score (nSPS) is 10.7. The fourth-order valence-corrected chi connectivity index (χ4v) is 1.45. The topological polar surface area (TPSA) is 34.9 Å². The second-order valence-electron chi connectivity index (χ2n) is 3.37. The molecule has 0 aliphatic rings. The van der Waals surface area contributed by atoms with Crippen LogP contribution in [0.1, 0.15) is 12.5 Å². The Bertz CT molecular complexity index is 528. The molecule has 3 heteroatoms. The molecule has 72 valence electrons. The van der Waals surface area contributed by atoms with Crippen molar-refractivity contribution in [2.75, 3.05) is 0 Å². The van der Waals surface area contributed by atoms with E-state index in [4.69, 9.17) is 0 Å². The Labute approximate surface area is 82.0 Å². The van der Waals surface area contributed by atoms with Gasteiger partial charge in [-0.2, -0.15) is 0 Å². The van der Waals surface area contributed by atoms with E-state index in [1.54, 1.807) is 24.0 Å². The standard InChI is InChI=1S/C11H12N2O/c1-3-8-6-9-4-5-13(2)11(14)10(9)12-7-8/h4-7H,3H2,1-2H3. The Balaban J connectivity index is 2.81. The summed E-state index contributed by atoms with van der Waals surface area (Å²) in [5.74, 6) is 0. The Morgan fingerprint density at radius 3 is 3.00 bits per heavy atom. The van der Waals surface area contributed by atoms with Gasteiger partial charge >= 0.3 is 0 Å². The van der Waals surface area contributed by atoms with Crippen LogP contribution in [0.4, 0.5) is 0 Å². The van der Waals surface area contributed by atoms with Crippen molar-refractivity contribution in [1.29, 1.82) is 0 Å². The van der Waals surface area contributed by atoms with Crippen molar-refractivity contribution in [3.63, 3.8) is 0 Å². The van der Waals surface area contributed by atoms with Crippen molar-refractivity contribution >= 4 is 10.9 Å². The Hall–Kier alpha value is -1.64. The van der Waals surface area contributed by atoms with Crippen LogP contribution in [0.2, 0.25) is 0 Å². The minimum Gasteiger partial charge on any atom is -0.317 e. The molecule has 2 rings (SSSR count). The van der Waals surface area contributed by atoms with Gasteiger partial charge in [-0.3, -0.25) is 9.78 Å². The molecule has 0 aliphatic carbocycles. The molecule has 0 aromatic carbocycles. The highest BCUT2D eigenvalue weighted by atomic mass is 16.1.